The van der Waals surface area contributed by atoms with Gasteiger partial charge in [0, 0.05) is 12.6 Å². The molecule has 1 aliphatic heterocycles. The molecule has 0 amide bonds. The molecule has 1 N–H and O–H groups in total. The molecule has 94 valence electrons. The topological polar surface area (TPSA) is 49.8 Å². The molecule has 3 unspecified atom stereocenters. The van der Waals surface area contributed by atoms with Crippen molar-refractivity contribution in [2.24, 2.45) is 0 Å². The van der Waals surface area contributed by atoms with Crippen LogP contribution in [0, 0.1) is 0 Å². The van der Waals surface area contributed by atoms with E-state index in [0.717, 1.165) is 25.8 Å². The van der Waals surface area contributed by atoms with Crippen molar-refractivity contribution in [2.45, 2.75) is 58.2 Å². The highest BCUT2D eigenvalue weighted by atomic mass is 16.5. The van der Waals surface area contributed by atoms with Crippen LogP contribution in [0.2, 0.25) is 0 Å². The van der Waals surface area contributed by atoms with Crippen LogP contribution in [0.1, 0.15) is 40.0 Å². The summed E-state index contributed by atoms with van der Waals surface area (Å²) in [6, 6.07) is -0.143. The van der Waals surface area contributed by atoms with Gasteiger partial charge in [-0.3, -0.25) is 9.69 Å². The van der Waals surface area contributed by atoms with E-state index in [1.165, 1.54) is 0 Å². The Hall–Kier alpha value is -0.610. The van der Waals surface area contributed by atoms with E-state index in [9.17, 15) is 9.90 Å². The predicted octanol–water partition coefficient (Wildman–Crippen LogP) is 1.74. The Kier molecular flexibility index (Phi) is 5.22. The van der Waals surface area contributed by atoms with Crippen LogP contribution >= 0.6 is 0 Å². The normalized spacial score (nSPS) is 28.9. The molecule has 1 aliphatic rings. The van der Waals surface area contributed by atoms with Gasteiger partial charge in [0.15, 0.2) is 0 Å². The largest absolute Gasteiger partial charge is 0.480 e. The van der Waals surface area contributed by atoms with Crippen molar-refractivity contribution >= 4 is 5.97 Å². The van der Waals surface area contributed by atoms with E-state index in [0.29, 0.717) is 6.61 Å². The minimum atomic E-state index is -0.700. The smallest absolute Gasteiger partial charge is 0.320 e. The summed E-state index contributed by atoms with van der Waals surface area (Å²) < 4.78 is 5.52. The molecule has 0 aliphatic carbocycles. The van der Waals surface area contributed by atoms with Crippen LogP contribution in [0.4, 0.5) is 0 Å². The number of ether oxygens (including phenoxy) is 1. The lowest BCUT2D eigenvalue weighted by Gasteiger charge is -2.40. The standard InChI is InChI=1S/C12H23NO3/c1-4-5-6-11(12(14)15)13-7-10(3)16-8-9(13)2/h9-11H,4-8H2,1-3H3,(H,14,15). The van der Waals surface area contributed by atoms with Gasteiger partial charge in [-0.05, 0) is 20.3 Å². The van der Waals surface area contributed by atoms with Crippen LogP contribution < -0.4 is 0 Å². The maximum atomic E-state index is 11.3. The van der Waals surface area contributed by atoms with Crippen molar-refractivity contribution in [3.05, 3.63) is 0 Å². The lowest BCUT2D eigenvalue weighted by molar-refractivity contribution is -0.149. The Morgan fingerprint density at radius 1 is 1.56 bits per heavy atom. The summed E-state index contributed by atoms with van der Waals surface area (Å²) in [5.74, 6) is -0.700. The number of carboxylic acids is 1. The fourth-order valence-electron chi connectivity index (χ4n) is 2.19. The summed E-state index contributed by atoms with van der Waals surface area (Å²) >= 11 is 0. The zero-order valence-corrected chi connectivity index (χ0v) is 10.5. The molecule has 0 aromatic carbocycles. The summed E-state index contributed by atoms with van der Waals surface area (Å²) in [4.78, 5) is 13.3. The molecule has 1 rings (SSSR count). The third-order valence-electron chi connectivity index (χ3n) is 3.17. The number of rotatable bonds is 5. The number of nitrogens with zero attached hydrogens (tertiary/aromatic N) is 1. The summed E-state index contributed by atoms with van der Waals surface area (Å²) in [6.45, 7) is 7.48. The van der Waals surface area contributed by atoms with Crippen molar-refractivity contribution < 1.29 is 14.6 Å². The number of aliphatic carboxylic acids is 1. The van der Waals surface area contributed by atoms with Gasteiger partial charge in [-0.25, -0.2) is 0 Å². The maximum absolute atomic E-state index is 11.3. The number of carboxylic acid groups (broad SMARTS) is 1. The highest BCUT2D eigenvalue weighted by Crippen LogP contribution is 2.18. The van der Waals surface area contributed by atoms with Gasteiger partial charge in [-0.2, -0.15) is 0 Å². The highest BCUT2D eigenvalue weighted by Gasteiger charge is 2.33. The molecule has 3 atom stereocenters. The van der Waals surface area contributed by atoms with E-state index in [-0.39, 0.29) is 18.2 Å². The molecule has 0 aromatic rings. The first-order valence-electron chi connectivity index (χ1n) is 6.16. The number of hydrogen-bond donors (Lipinski definition) is 1. The van der Waals surface area contributed by atoms with Crippen LogP contribution in [-0.2, 0) is 9.53 Å². The van der Waals surface area contributed by atoms with Gasteiger partial charge in [0.25, 0.3) is 0 Å². The van der Waals surface area contributed by atoms with E-state index in [2.05, 4.69) is 11.8 Å². The van der Waals surface area contributed by atoms with E-state index in [4.69, 9.17) is 4.74 Å². The van der Waals surface area contributed by atoms with Crippen molar-refractivity contribution in [2.75, 3.05) is 13.2 Å². The van der Waals surface area contributed by atoms with Gasteiger partial charge in [-0.15, -0.1) is 0 Å². The van der Waals surface area contributed by atoms with Crippen LogP contribution in [0.3, 0.4) is 0 Å². The van der Waals surface area contributed by atoms with E-state index >= 15 is 0 Å². The molecule has 1 heterocycles. The fraction of sp³-hybridized carbons (Fsp3) is 0.917. The molecule has 4 heteroatoms. The first kappa shape index (κ1) is 13.5. The van der Waals surface area contributed by atoms with Gasteiger partial charge in [0.1, 0.15) is 6.04 Å². The van der Waals surface area contributed by atoms with Gasteiger partial charge in [0.05, 0.1) is 12.7 Å². The number of morpholine rings is 1. The van der Waals surface area contributed by atoms with Crippen molar-refractivity contribution in [3.8, 4) is 0 Å². The molecule has 1 fully saturated rings. The summed E-state index contributed by atoms with van der Waals surface area (Å²) in [5, 5.41) is 9.27. The average Bonchev–Trinajstić information content (AvgIpc) is 2.23. The quantitative estimate of drug-likeness (QED) is 0.780. The first-order chi connectivity index (χ1) is 7.56. The van der Waals surface area contributed by atoms with Gasteiger partial charge in [0.2, 0.25) is 0 Å². The summed E-state index contributed by atoms with van der Waals surface area (Å²) in [7, 11) is 0. The minimum absolute atomic E-state index is 0.139. The molecule has 0 saturated carbocycles. The second-order valence-electron chi connectivity index (χ2n) is 4.69. The third kappa shape index (κ3) is 3.46. The van der Waals surface area contributed by atoms with Crippen molar-refractivity contribution in [1.29, 1.82) is 0 Å². The van der Waals surface area contributed by atoms with Crippen LogP contribution in [-0.4, -0.2) is 47.3 Å². The van der Waals surface area contributed by atoms with Crippen LogP contribution in [0.15, 0.2) is 0 Å². The fourth-order valence-corrected chi connectivity index (χ4v) is 2.19. The molecule has 0 radical (unpaired) electrons. The Bertz CT molecular complexity index is 232. The Balaban J connectivity index is 2.63. The van der Waals surface area contributed by atoms with E-state index < -0.39 is 5.97 Å². The average molecular weight is 229 g/mol. The predicted molar refractivity (Wildman–Crippen MR) is 62.5 cm³/mol. The van der Waals surface area contributed by atoms with Crippen molar-refractivity contribution in [3.63, 3.8) is 0 Å². The van der Waals surface area contributed by atoms with Crippen LogP contribution in [0.25, 0.3) is 0 Å². The molecule has 1 saturated heterocycles. The summed E-state index contributed by atoms with van der Waals surface area (Å²) in [6.07, 6.45) is 2.88. The lowest BCUT2D eigenvalue weighted by atomic mass is 10.0. The number of hydrogen-bond acceptors (Lipinski definition) is 3. The minimum Gasteiger partial charge on any atom is -0.480 e. The summed E-state index contributed by atoms with van der Waals surface area (Å²) in [5.41, 5.74) is 0. The van der Waals surface area contributed by atoms with Gasteiger partial charge < -0.3 is 9.84 Å². The zero-order valence-electron chi connectivity index (χ0n) is 10.5. The number of unbranched alkanes of at least 4 members (excludes halogenated alkanes) is 1. The SMILES string of the molecule is CCCCC(C(=O)O)N1CC(C)OCC1C. The Labute approximate surface area is 97.6 Å². The Morgan fingerprint density at radius 2 is 2.25 bits per heavy atom. The molecule has 16 heavy (non-hydrogen) atoms. The van der Waals surface area contributed by atoms with Crippen molar-refractivity contribution in [1.82, 2.24) is 4.90 Å². The van der Waals surface area contributed by atoms with Gasteiger partial charge >= 0.3 is 5.97 Å². The highest BCUT2D eigenvalue weighted by molar-refractivity contribution is 5.73. The zero-order chi connectivity index (χ0) is 12.1. The first-order valence-corrected chi connectivity index (χ1v) is 6.16. The maximum Gasteiger partial charge on any atom is 0.320 e. The van der Waals surface area contributed by atoms with E-state index in [1.54, 1.807) is 0 Å². The van der Waals surface area contributed by atoms with Gasteiger partial charge in [-0.1, -0.05) is 19.8 Å². The lowest BCUT2D eigenvalue weighted by Crippen LogP contribution is -2.54. The second kappa shape index (κ2) is 6.21. The molecule has 0 spiro atoms. The second-order valence-corrected chi connectivity index (χ2v) is 4.69. The van der Waals surface area contributed by atoms with Crippen LogP contribution in [0.5, 0.6) is 0 Å². The molecular formula is C12H23NO3. The number of carbonyl (C=O) groups is 1. The molecule has 4 nitrogen and oxygen atoms in total. The molecule has 0 aromatic heterocycles. The Morgan fingerprint density at radius 3 is 2.81 bits per heavy atom. The monoisotopic (exact) mass is 229 g/mol. The molecule has 0 bridgehead atoms. The van der Waals surface area contributed by atoms with E-state index in [1.807, 2.05) is 13.8 Å². The third-order valence-corrected chi connectivity index (χ3v) is 3.17. The molecular weight excluding hydrogens is 206 g/mol.